The zero-order valence-corrected chi connectivity index (χ0v) is 29.8. The number of amides is 2. The molecule has 4 aliphatic rings. The molecule has 1 aromatic carbocycles. The summed E-state index contributed by atoms with van der Waals surface area (Å²) in [6, 6.07) is 10.7. The first kappa shape index (κ1) is 34.9. The van der Waals surface area contributed by atoms with Gasteiger partial charge < -0.3 is 19.9 Å². The third kappa shape index (κ3) is 7.49. The molecule has 10 heteroatoms. The van der Waals surface area contributed by atoms with Crippen molar-refractivity contribution in [2.45, 2.75) is 109 Å². The molecular weight excluding hydrogens is 618 g/mol. The summed E-state index contributed by atoms with van der Waals surface area (Å²) >= 11 is 0. The number of nitrogens with zero attached hydrogens (tertiary/aromatic N) is 4. The third-order valence-corrected chi connectivity index (χ3v) is 11.5. The van der Waals surface area contributed by atoms with Crippen LogP contribution >= 0.6 is 0 Å². The number of carbonyl (C=O) groups excluding carboxylic acids is 2. The molecule has 3 aromatic rings. The van der Waals surface area contributed by atoms with Crippen molar-refractivity contribution in [2.75, 3.05) is 31.7 Å². The van der Waals surface area contributed by atoms with Crippen molar-refractivity contribution in [3.8, 4) is 16.9 Å². The lowest BCUT2D eigenvalue weighted by Crippen LogP contribution is -2.52. The number of aromatic nitrogens is 3. The maximum Gasteiger partial charge on any atom is 0.407 e. The van der Waals surface area contributed by atoms with E-state index in [0.717, 1.165) is 55.4 Å². The van der Waals surface area contributed by atoms with E-state index in [1.165, 1.54) is 11.1 Å². The van der Waals surface area contributed by atoms with E-state index in [4.69, 9.17) is 19.6 Å². The molecule has 49 heavy (non-hydrogen) atoms. The number of nitrogens with one attached hydrogen (secondary N) is 1. The Hall–Kier alpha value is -3.92. The van der Waals surface area contributed by atoms with Crippen molar-refractivity contribution < 1.29 is 24.2 Å². The van der Waals surface area contributed by atoms with Crippen LogP contribution in [0.4, 0.5) is 10.6 Å². The van der Waals surface area contributed by atoms with Crippen LogP contribution in [0, 0.1) is 18.3 Å². The molecule has 4 aliphatic carbocycles. The number of rotatable bonds is 10. The van der Waals surface area contributed by atoms with E-state index >= 15 is 0 Å². The molecule has 0 saturated heterocycles. The Balaban J connectivity index is 1.23. The molecule has 0 radical (unpaired) electrons. The van der Waals surface area contributed by atoms with Gasteiger partial charge in [-0.05, 0) is 138 Å². The molecule has 7 rings (SSSR count). The molecule has 2 bridgehead atoms. The van der Waals surface area contributed by atoms with Gasteiger partial charge in [0.2, 0.25) is 5.91 Å². The molecule has 0 aliphatic heterocycles. The van der Waals surface area contributed by atoms with Crippen LogP contribution in [-0.2, 0) is 20.5 Å². The van der Waals surface area contributed by atoms with E-state index in [0.29, 0.717) is 38.0 Å². The summed E-state index contributed by atoms with van der Waals surface area (Å²) in [5, 5.41) is 16.2. The Kier molecular flexibility index (Phi) is 10.1. The zero-order chi connectivity index (χ0) is 34.8. The predicted molar refractivity (Wildman–Crippen MR) is 190 cm³/mol. The van der Waals surface area contributed by atoms with Crippen molar-refractivity contribution in [1.82, 2.24) is 20.1 Å². The van der Waals surface area contributed by atoms with Crippen LogP contribution in [0.1, 0.15) is 96.1 Å². The summed E-state index contributed by atoms with van der Waals surface area (Å²) in [6.07, 6.45) is 14.1. The van der Waals surface area contributed by atoms with Gasteiger partial charge >= 0.3 is 6.09 Å². The standard InChI is InChI=1S/C39H53N5O5/c1-27-22-31(8-11-33(27)48-5)39-16-13-38(14-17-39,15-18-39)26-43(35(46)28-6-9-32(10-7-28)49-36(47)41-20-21-45)34-23-29(12-19-40-34)30-24-42-44(25-30)37(2,3)4/h8,11-12,19,22-25,28,32,45H,6-7,9-10,13-18,20-21,26H2,1-5H3,(H,41,47)/t28-,32-,38?,39?. The fourth-order valence-electron chi connectivity index (χ4n) is 8.33. The summed E-state index contributed by atoms with van der Waals surface area (Å²) in [5.74, 6) is 1.57. The van der Waals surface area contributed by atoms with Gasteiger partial charge in [0.1, 0.15) is 17.7 Å². The number of alkyl carbamates (subject to hydrolysis) is 1. The minimum atomic E-state index is -0.518. The van der Waals surface area contributed by atoms with Crippen LogP contribution < -0.4 is 15.0 Å². The number of aliphatic hydroxyl groups is 1. The predicted octanol–water partition coefficient (Wildman–Crippen LogP) is 6.92. The zero-order valence-electron chi connectivity index (χ0n) is 29.8. The lowest BCUT2D eigenvalue weighted by molar-refractivity contribution is -0.124. The van der Waals surface area contributed by atoms with E-state index in [1.54, 1.807) is 7.11 Å². The number of anilines is 1. The van der Waals surface area contributed by atoms with Crippen molar-refractivity contribution >= 4 is 17.8 Å². The summed E-state index contributed by atoms with van der Waals surface area (Å²) in [7, 11) is 1.73. The van der Waals surface area contributed by atoms with Crippen LogP contribution in [0.15, 0.2) is 48.9 Å². The average molecular weight is 672 g/mol. The van der Waals surface area contributed by atoms with Gasteiger partial charge in [-0.2, -0.15) is 5.10 Å². The SMILES string of the molecule is COc1ccc(C23CCC(CN(c4cc(-c5cnn(C(C)(C)C)c5)ccn4)C(=O)[C@H]4CC[C@H](OC(=O)NCCO)CC4)(CC2)CC3)cc1C. The van der Waals surface area contributed by atoms with E-state index in [9.17, 15) is 9.59 Å². The second-order valence-electron chi connectivity index (χ2n) is 15.7. The Bertz CT molecular complexity index is 1610. The highest BCUT2D eigenvalue weighted by molar-refractivity contribution is 5.95. The molecular formula is C39H53N5O5. The molecule has 4 fully saturated rings. The highest BCUT2D eigenvalue weighted by atomic mass is 16.6. The normalized spacial score (nSPS) is 25.1. The highest BCUT2D eigenvalue weighted by Gasteiger charge is 2.51. The maximum absolute atomic E-state index is 14.6. The first-order chi connectivity index (χ1) is 23.4. The van der Waals surface area contributed by atoms with E-state index < -0.39 is 6.09 Å². The molecule has 2 heterocycles. The number of aliphatic hydroxyl groups excluding tert-OH is 1. The number of aryl methyl sites for hydroxylation is 1. The van der Waals surface area contributed by atoms with Gasteiger partial charge in [-0.15, -0.1) is 0 Å². The molecule has 264 valence electrons. The molecule has 4 saturated carbocycles. The van der Waals surface area contributed by atoms with E-state index in [1.807, 2.05) is 28.0 Å². The molecule has 2 amide bonds. The number of ether oxygens (including phenoxy) is 2. The number of carbonyl (C=O) groups is 2. The topological polar surface area (TPSA) is 119 Å². The Morgan fingerprint density at radius 1 is 1.02 bits per heavy atom. The van der Waals surface area contributed by atoms with Crippen molar-refractivity contribution in [3.05, 3.63) is 60.0 Å². The quantitative estimate of drug-likeness (QED) is 0.240. The molecule has 0 atom stereocenters. The second kappa shape index (κ2) is 14.1. The summed E-state index contributed by atoms with van der Waals surface area (Å²) in [5.41, 5.74) is 4.66. The molecule has 0 spiro atoms. The number of methoxy groups -OCH3 is 1. The van der Waals surface area contributed by atoms with Crippen LogP contribution in [0.3, 0.4) is 0 Å². The van der Waals surface area contributed by atoms with E-state index in [2.05, 4.69) is 68.6 Å². The third-order valence-electron chi connectivity index (χ3n) is 11.5. The smallest absolute Gasteiger partial charge is 0.407 e. The Morgan fingerprint density at radius 2 is 1.73 bits per heavy atom. The van der Waals surface area contributed by atoms with Crippen molar-refractivity contribution in [2.24, 2.45) is 11.3 Å². The Morgan fingerprint density at radius 3 is 2.35 bits per heavy atom. The maximum atomic E-state index is 14.6. The second-order valence-corrected chi connectivity index (χ2v) is 15.7. The number of hydrogen-bond acceptors (Lipinski definition) is 7. The molecule has 0 unspecified atom stereocenters. The number of benzene rings is 1. The van der Waals surface area contributed by atoms with Crippen LogP contribution in [0.25, 0.3) is 11.1 Å². The van der Waals surface area contributed by atoms with Crippen LogP contribution in [-0.4, -0.2) is 64.8 Å². The van der Waals surface area contributed by atoms with Crippen molar-refractivity contribution in [3.63, 3.8) is 0 Å². The van der Waals surface area contributed by atoms with Gasteiger partial charge in [-0.3, -0.25) is 14.4 Å². The minimum absolute atomic E-state index is 0.0405. The Labute approximate surface area is 290 Å². The highest BCUT2D eigenvalue weighted by Crippen LogP contribution is 2.58. The fraction of sp³-hybridized carbons (Fsp3) is 0.590. The summed E-state index contributed by atoms with van der Waals surface area (Å²) < 4.78 is 13.1. The molecule has 10 nitrogen and oxygen atoms in total. The summed E-state index contributed by atoms with van der Waals surface area (Å²) in [4.78, 5) is 33.5. The fourth-order valence-corrected chi connectivity index (χ4v) is 8.33. The van der Waals surface area contributed by atoms with Gasteiger partial charge in [0.15, 0.2) is 0 Å². The van der Waals surface area contributed by atoms with Gasteiger partial charge in [0.05, 0.1) is 25.5 Å². The van der Waals surface area contributed by atoms with Crippen LogP contribution in [0.5, 0.6) is 5.75 Å². The van der Waals surface area contributed by atoms with Gasteiger partial charge in [-0.25, -0.2) is 9.78 Å². The minimum Gasteiger partial charge on any atom is -0.496 e. The molecule has 2 aromatic heterocycles. The summed E-state index contributed by atoms with van der Waals surface area (Å²) in [6.45, 7) is 9.18. The van der Waals surface area contributed by atoms with Gasteiger partial charge in [0.25, 0.3) is 0 Å². The molecule has 2 N–H and O–H groups in total. The van der Waals surface area contributed by atoms with Crippen LogP contribution in [0.2, 0.25) is 0 Å². The lowest BCUT2D eigenvalue weighted by Gasteiger charge is -2.55. The average Bonchev–Trinajstić information content (AvgIpc) is 3.62. The van der Waals surface area contributed by atoms with Gasteiger partial charge in [-0.1, -0.05) is 12.1 Å². The first-order valence-electron chi connectivity index (χ1n) is 18.0. The van der Waals surface area contributed by atoms with Gasteiger partial charge in [0, 0.05) is 37.0 Å². The van der Waals surface area contributed by atoms with E-state index in [-0.39, 0.29) is 47.4 Å². The lowest BCUT2D eigenvalue weighted by atomic mass is 9.51. The van der Waals surface area contributed by atoms with Crippen molar-refractivity contribution in [1.29, 1.82) is 0 Å². The first-order valence-corrected chi connectivity index (χ1v) is 18.0. The largest absolute Gasteiger partial charge is 0.496 e. The number of pyridine rings is 1. The monoisotopic (exact) mass is 671 g/mol. The number of hydrogen-bond donors (Lipinski definition) is 2. The number of fused-ring (bicyclic) bond motifs is 3.